The lowest BCUT2D eigenvalue weighted by Gasteiger charge is -2.22. The molecule has 0 nitrogen and oxygen atoms in total. The lowest BCUT2D eigenvalue weighted by atomic mass is 9.80. The number of benzene rings is 12. The van der Waals surface area contributed by atoms with Crippen molar-refractivity contribution in [2.24, 2.45) is 0 Å². The van der Waals surface area contributed by atoms with E-state index in [0.717, 1.165) is 0 Å². The van der Waals surface area contributed by atoms with Crippen molar-refractivity contribution in [1.82, 2.24) is 0 Å². The average molecular weight is 729 g/mol. The Balaban J connectivity index is 1.34. The highest BCUT2D eigenvalue weighted by Gasteiger charge is 2.28. The minimum atomic E-state index is 1.23. The maximum atomic E-state index is 2.48. The molecule has 58 heavy (non-hydrogen) atoms. The van der Waals surface area contributed by atoms with Gasteiger partial charge in [0, 0.05) is 0 Å². The van der Waals surface area contributed by atoms with Gasteiger partial charge < -0.3 is 0 Å². The Labute approximate surface area is 333 Å². The molecule has 0 aliphatic carbocycles. The minimum absolute atomic E-state index is 1.23. The Morgan fingerprint density at radius 1 is 0.190 bits per heavy atom. The highest BCUT2D eigenvalue weighted by Crippen LogP contribution is 2.57. The van der Waals surface area contributed by atoms with Crippen LogP contribution in [0, 0.1) is 0 Å². The van der Waals surface area contributed by atoms with E-state index in [1.807, 2.05) is 0 Å². The van der Waals surface area contributed by atoms with Crippen LogP contribution in [0.25, 0.3) is 141 Å². The van der Waals surface area contributed by atoms with Gasteiger partial charge >= 0.3 is 0 Å². The van der Waals surface area contributed by atoms with Gasteiger partial charge in [-0.05, 0) is 147 Å². The molecule has 0 saturated heterocycles. The van der Waals surface area contributed by atoms with Crippen molar-refractivity contribution in [3.8, 4) is 33.4 Å². The third kappa shape index (κ3) is 3.76. The predicted octanol–water partition coefficient (Wildman–Crippen LogP) is 16.5. The molecule has 14 aromatic carbocycles. The second-order valence-electron chi connectivity index (χ2n) is 16.2. The number of hydrogen-bond donors (Lipinski definition) is 0. The van der Waals surface area contributed by atoms with Crippen LogP contribution in [0.15, 0.2) is 194 Å². The summed E-state index contributed by atoms with van der Waals surface area (Å²) >= 11 is 0. The van der Waals surface area contributed by atoms with Gasteiger partial charge in [-0.1, -0.05) is 188 Å². The van der Waals surface area contributed by atoms with Crippen molar-refractivity contribution in [2.45, 2.75) is 0 Å². The molecule has 0 saturated carbocycles. The molecule has 0 atom stereocenters. The molecule has 0 aromatic heterocycles. The van der Waals surface area contributed by atoms with Crippen LogP contribution in [0.4, 0.5) is 0 Å². The molecule has 264 valence electrons. The van der Waals surface area contributed by atoms with Crippen LogP contribution in [-0.4, -0.2) is 0 Å². The van der Waals surface area contributed by atoms with Crippen LogP contribution < -0.4 is 0 Å². The van der Waals surface area contributed by atoms with Gasteiger partial charge in [-0.2, -0.15) is 0 Å². The van der Waals surface area contributed by atoms with Crippen LogP contribution >= 0.6 is 0 Å². The summed E-state index contributed by atoms with van der Waals surface area (Å²) in [5.74, 6) is 0. The summed E-state index contributed by atoms with van der Waals surface area (Å²) in [5, 5.41) is 26.7. The van der Waals surface area contributed by atoms with Gasteiger partial charge in [0.1, 0.15) is 0 Å². The molecule has 0 radical (unpaired) electrons. The SMILES string of the molecule is c1ccc(-c2ccc3c4c(-c5ccccc5)c5c(-c6ccccc6)ccc6c5c(c5cccc7cc8c9cccc%10cccc(c%109)c8c6c75)c4c4cccc2c34)cc1. The molecule has 14 rings (SSSR count). The van der Waals surface area contributed by atoms with Crippen LogP contribution in [0.3, 0.4) is 0 Å². The molecule has 0 N–H and O–H groups in total. The van der Waals surface area contributed by atoms with Gasteiger partial charge in [0.05, 0.1) is 0 Å². The molecule has 0 aliphatic rings. The first-order valence-corrected chi connectivity index (χ1v) is 20.4. The summed E-state index contributed by atoms with van der Waals surface area (Å²) in [5.41, 5.74) is 7.58. The summed E-state index contributed by atoms with van der Waals surface area (Å²) in [7, 11) is 0. The van der Waals surface area contributed by atoms with E-state index >= 15 is 0 Å². The Bertz CT molecular complexity index is 3970. The molecule has 0 bridgehead atoms. The van der Waals surface area contributed by atoms with E-state index in [2.05, 4.69) is 194 Å². The first-order valence-electron chi connectivity index (χ1n) is 20.4. The zero-order chi connectivity index (χ0) is 37.6. The number of hydrogen-bond acceptors (Lipinski definition) is 0. The second kappa shape index (κ2) is 11.1. The van der Waals surface area contributed by atoms with Crippen LogP contribution in [0.2, 0.25) is 0 Å². The van der Waals surface area contributed by atoms with Crippen molar-refractivity contribution in [2.75, 3.05) is 0 Å². The van der Waals surface area contributed by atoms with Crippen molar-refractivity contribution in [1.29, 1.82) is 0 Å². The molecule has 0 amide bonds. The van der Waals surface area contributed by atoms with Crippen molar-refractivity contribution >= 4 is 108 Å². The smallest absolute Gasteiger partial charge is 0.000695 e. The zero-order valence-electron chi connectivity index (χ0n) is 31.5. The number of rotatable bonds is 3. The minimum Gasteiger partial charge on any atom is -0.0622 e. The van der Waals surface area contributed by atoms with Gasteiger partial charge in [-0.15, -0.1) is 0 Å². The molecular formula is C58H32. The molecule has 14 aromatic rings. The molecule has 0 aliphatic heterocycles. The summed E-state index contributed by atoms with van der Waals surface area (Å²) in [6.07, 6.45) is 0. The van der Waals surface area contributed by atoms with Gasteiger partial charge in [0.2, 0.25) is 0 Å². The van der Waals surface area contributed by atoms with E-state index in [4.69, 9.17) is 0 Å². The van der Waals surface area contributed by atoms with E-state index in [1.165, 1.54) is 141 Å². The van der Waals surface area contributed by atoms with E-state index in [9.17, 15) is 0 Å². The number of fused-ring (bicyclic) bond motifs is 10. The van der Waals surface area contributed by atoms with E-state index in [1.54, 1.807) is 0 Å². The van der Waals surface area contributed by atoms with Crippen molar-refractivity contribution < 1.29 is 0 Å². The average Bonchev–Trinajstić information content (AvgIpc) is 3.80. The quantitative estimate of drug-likeness (QED) is 0.126. The fourth-order valence-electron chi connectivity index (χ4n) is 11.3. The molecule has 0 fully saturated rings. The maximum absolute atomic E-state index is 2.48. The van der Waals surface area contributed by atoms with Crippen LogP contribution in [0.5, 0.6) is 0 Å². The summed E-state index contributed by atoms with van der Waals surface area (Å²) in [6, 6.07) is 73.0. The molecule has 0 heterocycles. The Morgan fingerprint density at radius 2 is 0.655 bits per heavy atom. The fraction of sp³-hybridized carbons (Fsp3) is 0. The lowest BCUT2D eigenvalue weighted by molar-refractivity contribution is 1.66. The molecular weight excluding hydrogens is 697 g/mol. The summed E-state index contributed by atoms with van der Waals surface area (Å²) in [6.45, 7) is 0. The zero-order valence-corrected chi connectivity index (χ0v) is 31.5. The van der Waals surface area contributed by atoms with Gasteiger partial charge in [0.15, 0.2) is 0 Å². The Morgan fingerprint density at radius 3 is 1.36 bits per heavy atom. The largest absolute Gasteiger partial charge is 0.0622 e. The van der Waals surface area contributed by atoms with Gasteiger partial charge in [0.25, 0.3) is 0 Å². The molecule has 0 unspecified atom stereocenters. The molecule has 0 spiro atoms. The van der Waals surface area contributed by atoms with Gasteiger partial charge in [-0.25, -0.2) is 0 Å². The highest BCUT2D eigenvalue weighted by atomic mass is 14.3. The molecule has 0 heteroatoms. The fourth-order valence-corrected chi connectivity index (χ4v) is 11.3. The predicted molar refractivity (Wildman–Crippen MR) is 251 cm³/mol. The first-order chi connectivity index (χ1) is 28.8. The van der Waals surface area contributed by atoms with Crippen molar-refractivity contribution in [3.63, 3.8) is 0 Å². The van der Waals surface area contributed by atoms with E-state index < -0.39 is 0 Å². The summed E-state index contributed by atoms with van der Waals surface area (Å²) < 4.78 is 0. The third-order valence-electron chi connectivity index (χ3n) is 13.4. The van der Waals surface area contributed by atoms with E-state index in [0.29, 0.717) is 0 Å². The third-order valence-corrected chi connectivity index (χ3v) is 13.4. The topological polar surface area (TPSA) is 0 Å². The second-order valence-corrected chi connectivity index (χ2v) is 16.2. The van der Waals surface area contributed by atoms with E-state index in [-0.39, 0.29) is 0 Å². The normalized spacial score (nSPS) is 12.5. The van der Waals surface area contributed by atoms with Crippen molar-refractivity contribution in [3.05, 3.63) is 194 Å². The highest BCUT2D eigenvalue weighted by molar-refractivity contribution is 6.52. The standard InChI is InChI=1S/C58H32/c1-4-14-33(15-5-1)38-28-30-45-51-40(38)24-13-27-44(51)57-55(45)50(36-18-8-3-9-19-36)53-39(34-16-6-2-7-17-34)29-31-46-54-49-37(22-12-26-43(49)56(57)58(46)53)32-47-41-23-10-20-35-21-11-25-42(48(35)41)52(47)54/h1-32H. The Hall–Kier alpha value is -7.54. The summed E-state index contributed by atoms with van der Waals surface area (Å²) in [4.78, 5) is 0. The maximum Gasteiger partial charge on any atom is -0.000695 e. The van der Waals surface area contributed by atoms with Crippen LogP contribution in [-0.2, 0) is 0 Å². The van der Waals surface area contributed by atoms with Crippen LogP contribution in [0.1, 0.15) is 0 Å². The van der Waals surface area contributed by atoms with Gasteiger partial charge in [-0.3, -0.25) is 0 Å². The Kier molecular flexibility index (Phi) is 5.85. The monoisotopic (exact) mass is 728 g/mol. The lowest BCUT2D eigenvalue weighted by Crippen LogP contribution is -1.94. The first kappa shape index (κ1) is 30.7.